The Morgan fingerprint density at radius 2 is 2.05 bits per heavy atom. The quantitative estimate of drug-likeness (QED) is 0.740. The Balaban J connectivity index is 2.10. The summed E-state index contributed by atoms with van der Waals surface area (Å²) in [6.45, 7) is 4.98. The first-order chi connectivity index (χ1) is 9.50. The normalized spacial score (nSPS) is 17.1. The number of sulfonamides is 1. The Morgan fingerprint density at radius 3 is 2.60 bits per heavy atom. The van der Waals surface area contributed by atoms with Gasteiger partial charge in [-0.1, -0.05) is 28.9 Å². The summed E-state index contributed by atoms with van der Waals surface area (Å²) in [7, 11) is -3.38. The second-order valence-electron chi connectivity index (χ2n) is 4.60. The van der Waals surface area contributed by atoms with Gasteiger partial charge in [-0.25, -0.2) is 13.4 Å². The van der Waals surface area contributed by atoms with E-state index in [2.05, 4.69) is 27.5 Å². The minimum absolute atomic E-state index is 0.279. The topological polar surface area (TPSA) is 50.3 Å². The third kappa shape index (κ3) is 4.07. The van der Waals surface area contributed by atoms with Gasteiger partial charge in [0.25, 0.3) is 0 Å². The molecule has 0 atom stereocenters. The average molecular weight is 377 g/mol. The molecule has 20 heavy (non-hydrogen) atoms. The lowest BCUT2D eigenvalue weighted by molar-refractivity contribution is 0.346. The molecule has 0 aliphatic carbocycles. The molecular weight excluding hydrogens is 360 g/mol. The third-order valence-corrected chi connectivity index (χ3v) is 6.60. The maximum absolute atomic E-state index is 12.4. The fourth-order valence-electron chi connectivity index (χ4n) is 2.01. The Kier molecular flexibility index (Phi) is 5.65. The van der Waals surface area contributed by atoms with Crippen molar-refractivity contribution >= 4 is 37.7 Å². The largest absolute Gasteiger partial charge is 0.249 e. The molecule has 0 amide bonds. The maximum atomic E-state index is 12.4. The Labute approximate surface area is 132 Å². The second-order valence-corrected chi connectivity index (χ2v) is 8.66. The average Bonchev–Trinajstić information content (AvgIpc) is 2.46. The van der Waals surface area contributed by atoms with Crippen molar-refractivity contribution in [2.24, 2.45) is 0 Å². The number of thioether (sulfide) groups is 1. The Bertz CT molecular complexity index is 567. The van der Waals surface area contributed by atoms with E-state index in [0.717, 1.165) is 28.8 Å². The van der Waals surface area contributed by atoms with E-state index in [-0.39, 0.29) is 4.90 Å². The Hall–Kier alpha value is -0.370. The van der Waals surface area contributed by atoms with Crippen LogP contribution in [0.5, 0.6) is 0 Å². The SMILES string of the molecule is C=C(Br)CSc1ccc(S(=O)(=O)N2CCCCC2)cn1. The van der Waals surface area contributed by atoms with E-state index in [1.165, 1.54) is 18.0 Å². The zero-order valence-corrected chi connectivity index (χ0v) is 14.3. The van der Waals surface area contributed by atoms with E-state index in [9.17, 15) is 8.42 Å². The summed E-state index contributed by atoms with van der Waals surface area (Å²) in [5.41, 5.74) is 0. The smallest absolute Gasteiger partial charge is 0.244 e. The first-order valence-electron chi connectivity index (χ1n) is 6.42. The molecule has 1 aliphatic heterocycles. The Morgan fingerprint density at radius 1 is 1.35 bits per heavy atom. The standard InChI is InChI=1S/C13H17BrN2O2S2/c1-11(14)10-19-13-6-5-12(9-15-13)20(17,18)16-7-3-2-4-8-16/h5-6,9H,1-4,7-8,10H2. The lowest BCUT2D eigenvalue weighted by atomic mass is 10.2. The van der Waals surface area contributed by atoms with E-state index in [1.807, 2.05) is 0 Å². The van der Waals surface area contributed by atoms with Crippen molar-refractivity contribution < 1.29 is 8.42 Å². The molecule has 0 spiro atoms. The molecule has 0 unspecified atom stereocenters. The van der Waals surface area contributed by atoms with Gasteiger partial charge < -0.3 is 0 Å². The van der Waals surface area contributed by atoms with Gasteiger partial charge in [0, 0.05) is 25.0 Å². The number of aromatic nitrogens is 1. The van der Waals surface area contributed by atoms with Crippen molar-refractivity contribution in [2.75, 3.05) is 18.8 Å². The van der Waals surface area contributed by atoms with E-state index in [4.69, 9.17) is 0 Å². The van der Waals surface area contributed by atoms with Crippen molar-refractivity contribution in [1.29, 1.82) is 0 Å². The predicted octanol–water partition coefficient (Wildman–Crippen LogP) is 3.26. The number of hydrogen-bond acceptors (Lipinski definition) is 4. The highest BCUT2D eigenvalue weighted by atomic mass is 79.9. The molecule has 1 aliphatic rings. The third-order valence-electron chi connectivity index (χ3n) is 3.04. The molecule has 0 radical (unpaired) electrons. The number of halogens is 1. The minimum Gasteiger partial charge on any atom is -0.249 e. The van der Waals surface area contributed by atoms with Crippen LogP contribution in [0.4, 0.5) is 0 Å². The van der Waals surface area contributed by atoms with Crippen molar-refractivity contribution in [3.05, 3.63) is 29.4 Å². The van der Waals surface area contributed by atoms with E-state index in [0.29, 0.717) is 18.8 Å². The van der Waals surface area contributed by atoms with Crippen molar-refractivity contribution in [3.8, 4) is 0 Å². The molecule has 2 rings (SSSR count). The van der Waals surface area contributed by atoms with Crippen LogP contribution in [-0.2, 0) is 10.0 Å². The zero-order chi connectivity index (χ0) is 14.6. The number of nitrogens with zero attached hydrogens (tertiary/aromatic N) is 2. The maximum Gasteiger partial charge on any atom is 0.244 e. The van der Waals surface area contributed by atoms with Crippen molar-refractivity contribution in [2.45, 2.75) is 29.2 Å². The van der Waals surface area contributed by atoms with Gasteiger partial charge in [-0.3, -0.25) is 0 Å². The zero-order valence-electron chi connectivity index (χ0n) is 11.1. The van der Waals surface area contributed by atoms with Crippen molar-refractivity contribution in [1.82, 2.24) is 9.29 Å². The molecule has 4 nitrogen and oxygen atoms in total. The molecule has 0 saturated carbocycles. The molecule has 7 heteroatoms. The van der Waals surface area contributed by atoms with Crippen LogP contribution in [-0.4, -0.2) is 36.5 Å². The highest BCUT2D eigenvalue weighted by Crippen LogP contribution is 2.23. The fraction of sp³-hybridized carbons (Fsp3) is 0.462. The second kappa shape index (κ2) is 7.06. The van der Waals surface area contributed by atoms with Crippen LogP contribution < -0.4 is 0 Å². The van der Waals surface area contributed by atoms with Crippen LogP contribution in [0, 0.1) is 0 Å². The van der Waals surface area contributed by atoms with Gasteiger partial charge in [0.15, 0.2) is 0 Å². The number of piperidine rings is 1. The van der Waals surface area contributed by atoms with Crippen LogP contribution in [0.1, 0.15) is 19.3 Å². The summed E-state index contributed by atoms with van der Waals surface area (Å²) in [6.07, 6.45) is 4.43. The van der Waals surface area contributed by atoms with Gasteiger partial charge in [0.1, 0.15) is 4.90 Å². The van der Waals surface area contributed by atoms with Gasteiger partial charge in [0.2, 0.25) is 10.0 Å². The van der Waals surface area contributed by atoms with E-state index >= 15 is 0 Å². The van der Waals surface area contributed by atoms with Gasteiger partial charge in [-0.2, -0.15) is 4.31 Å². The van der Waals surface area contributed by atoms with Gasteiger partial charge in [-0.15, -0.1) is 11.8 Å². The molecule has 0 bridgehead atoms. The van der Waals surface area contributed by atoms with Crippen LogP contribution in [0.2, 0.25) is 0 Å². The molecule has 0 aromatic carbocycles. The van der Waals surface area contributed by atoms with Gasteiger partial charge >= 0.3 is 0 Å². The van der Waals surface area contributed by atoms with Crippen LogP contribution >= 0.6 is 27.7 Å². The lowest BCUT2D eigenvalue weighted by Crippen LogP contribution is -2.35. The van der Waals surface area contributed by atoms with Gasteiger partial charge in [0.05, 0.1) is 5.03 Å². The number of hydrogen-bond donors (Lipinski definition) is 0. The van der Waals surface area contributed by atoms with Crippen molar-refractivity contribution in [3.63, 3.8) is 0 Å². The number of pyridine rings is 1. The molecule has 0 N–H and O–H groups in total. The molecule has 1 aromatic rings. The monoisotopic (exact) mass is 376 g/mol. The highest BCUT2D eigenvalue weighted by Gasteiger charge is 2.26. The summed E-state index contributed by atoms with van der Waals surface area (Å²) < 4.78 is 27.3. The minimum atomic E-state index is -3.38. The van der Waals surface area contributed by atoms with E-state index in [1.54, 1.807) is 16.4 Å². The summed E-state index contributed by atoms with van der Waals surface area (Å²) >= 11 is 4.80. The summed E-state index contributed by atoms with van der Waals surface area (Å²) in [5.74, 6) is 0.714. The van der Waals surface area contributed by atoms with Crippen LogP contribution in [0.25, 0.3) is 0 Å². The molecular formula is C13H17BrN2O2S2. The first-order valence-corrected chi connectivity index (χ1v) is 9.64. The molecule has 1 fully saturated rings. The summed E-state index contributed by atoms with van der Waals surface area (Å²) in [4.78, 5) is 4.49. The molecule has 2 heterocycles. The molecule has 1 aromatic heterocycles. The number of rotatable bonds is 5. The predicted molar refractivity (Wildman–Crippen MR) is 85.6 cm³/mol. The van der Waals surface area contributed by atoms with Crippen LogP contribution in [0.3, 0.4) is 0 Å². The lowest BCUT2D eigenvalue weighted by Gasteiger charge is -2.25. The summed E-state index contributed by atoms with van der Waals surface area (Å²) in [5, 5.41) is 0.795. The van der Waals surface area contributed by atoms with E-state index < -0.39 is 10.0 Å². The van der Waals surface area contributed by atoms with Gasteiger partial charge in [-0.05, 0) is 29.5 Å². The molecule has 1 saturated heterocycles. The first kappa shape index (κ1) is 16.0. The summed E-state index contributed by atoms with van der Waals surface area (Å²) in [6, 6.07) is 3.38. The van der Waals surface area contributed by atoms with Crippen LogP contribution in [0.15, 0.2) is 39.3 Å². The fourth-order valence-corrected chi connectivity index (χ4v) is 4.41. The highest BCUT2D eigenvalue weighted by molar-refractivity contribution is 9.11. The molecule has 110 valence electrons.